The molecule has 1 nitrogen and oxygen atoms in total. The molecule has 3 rings (SSSR count). The molecule has 0 aliphatic carbocycles. The predicted octanol–water partition coefficient (Wildman–Crippen LogP) is 5.57. The third-order valence-corrected chi connectivity index (χ3v) is 3.93. The van der Waals surface area contributed by atoms with Gasteiger partial charge < -0.3 is 4.98 Å². The van der Waals surface area contributed by atoms with Crippen LogP contribution < -0.4 is 0 Å². The standard InChI is InChI=1S/C18H21N/c1-11(2)15-7-5-6-13-8-9-14-10-16(12(3)4)19-18(14)17(13)15/h5-12,19H,1-4H3. The summed E-state index contributed by atoms with van der Waals surface area (Å²) in [6, 6.07) is 13.4. The van der Waals surface area contributed by atoms with Crippen LogP contribution >= 0.6 is 0 Å². The summed E-state index contributed by atoms with van der Waals surface area (Å²) in [6.45, 7) is 8.99. The first kappa shape index (κ1) is 12.3. The molecule has 0 aliphatic rings. The lowest BCUT2D eigenvalue weighted by atomic mass is 9.95. The number of aromatic amines is 1. The molecule has 0 spiro atoms. The van der Waals surface area contributed by atoms with Crippen molar-refractivity contribution in [2.75, 3.05) is 0 Å². The molecule has 0 atom stereocenters. The van der Waals surface area contributed by atoms with Gasteiger partial charge in [0.15, 0.2) is 0 Å². The van der Waals surface area contributed by atoms with Gasteiger partial charge in [0.2, 0.25) is 0 Å². The van der Waals surface area contributed by atoms with Gasteiger partial charge in [0.05, 0.1) is 5.52 Å². The molecule has 0 saturated carbocycles. The molecule has 0 aliphatic heterocycles. The van der Waals surface area contributed by atoms with Gasteiger partial charge in [0, 0.05) is 16.5 Å². The van der Waals surface area contributed by atoms with E-state index in [1.54, 1.807) is 0 Å². The van der Waals surface area contributed by atoms with Crippen molar-refractivity contribution >= 4 is 21.7 Å². The minimum atomic E-state index is 0.536. The molecule has 0 amide bonds. The largest absolute Gasteiger partial charge is 0.358 e. The Hall–Kier alpha value is -1.76. The molecule has 1 heteroatoms. The zero-order valence-electron chi connectivity index (χ0n) is 12.1. The fourth-order valence-electron chi connectivity index (χ4n) is 2.82. The first-order valence-corrected chi connectivity index (χ1v) is 7.12. The summed E-state index contributed by atoms with van der Waals surface area (Å²) in [4.78, 5) is 3.63. The maximum Gasteiger partial charge on any atom is 0.0538 e. The van der Waals surface area contributed by atoms with Crippen LogP contribution in [0.4, 0.5) is 0 Å². The van der Waals surface area contributed by atoms with Crippen LogP contribution in [0.15, 0.2) is 36.4 Å². The predicted molar refractivity (Wildman–Crippen MR) is 84.0 cm³/mol. The van der Waals surface area contributed by atoms with Crippen LogP contribution in [0.2, 0.25) is 0 Å². The van der Waals surface area contributed by atoms with E-state index in [-0.39, 0.29) is 0 Å². The Balaban J connectivity index is 2.43. The zero-order chi connectivity index (χ0) is 13.6. The maximum absolute atomic E-state index is 3.63. The van der Waals surface area contributed by atoms with Crippen molar-refractivity contribution in [3.05, 3.63) is 47.7 Å². The second-order valence-electron chi connectivity index (χ2n) is 6.01. The minimum Gasteiger partial charge on any atom is -0.358 e. The molecule has 0 bridgehead atoms. The Kier molecular flexibility index (Phi) is 2.85. The quantitative estimate of drug-likeness (QED) is 0.613. The van der Waals surface area contributed by atoms with Gasteiger partial charge in [0.25, 0.3) is 0 Å². The number of rotatable bonds is 2. The third kappa shape index (κ3) is 1.94. The highest BCUT2D eigenvalue weighted by atomic mass is 14.7. The average molecular weight is 251 g/mol. The Morgan fingerprint density at radius 1 is 0.842 bits per heavy atom. The van der Waals surface area contributed by atoms with Crippen molar-refractivity contribution in [2.45, 2.75) is 39.5 Å². The highest BCUT2D eigenvalue weighted by Crippen LogP contribution is 2.33. The molecular weight excluding hydrogens is 230 g/mol. The molecule has 1 aromatic heterocycles. The molecule has 1 N–H and O–H groups in total. The van der Waals surface area contributed by atoms with Gasteiger partial charge in [-0.15, -0.1) is 0 Å². The van der Waals surface area contributed by atoms with E-state index in [2.05, 4.69) is 69.1 Å². The lowest BCUT2D eigenvalue weighted by Crippen LogP contribution is -1.90. The summed E-state index contributed by atoms with van der Waals surface area (Å²) in [7, 11) is 0. The van der Waals surface area contributed by atoms with Gasteiger partial charge in [-0.1, -0.05) is 58.0 Å². The summed E-state index contributed by atoms with van der Waals surface area (Å²) >= 11 is 0. The first-order chi connectivity index (χ1) is 9.08. The Morgan fingerprint density at radius 2 is 1.58 bits per heavy atom. The van der Waals surface area contributed by atoms with E-state index < -0.39 is 0 Å². The molecular formula is C18H21N. The van der Waals surface area contributed by atoms with Crippen LogP contribution in [-0.4, -0.2) is 4.98 Å². The van der Waals surface area contributed by atoms with Gasteiger partial charge in [-0.05, 0) is 28.9 Å². The molecule has 2 aromatic carbocycles. The summed E-state index contributed by atoms with van der Waals surface area (Å²) in [5.41, 5.74) is 4.05. The van der Waals surface area contributed by atoms with Crippen LogP contribution in [0.25, 0.3) is 21.7 Å². The molecule has 98 valence electrons. The topological polar surface area (TPSA) is 15.8 Å². The van der Waals surface area contributed by atoms with E-state index in [9.17, 15) is 0 Å². The van der Waals surface area contributed by atoms with Crippen molar-refractivity contribution in [1.29, 1.82) is 0 Å². The number of H-pyrrole nitrogens is 1. The van der Waals surface area contributed by atoms with Crippen molar-refractivity contribution in [2.24, 2.45) is 0 Å². The number of aromatic nitrogens is 1. The lowest BCUT2D eigenvalue weighted by Gasteiger charge is -2.11. The number of nitrogens with one attached hydrogen (secondary N) is 1. The smallest absolute Gasteiger partial charge is 0.0538 e. The van der Waals surface area contributed by atoms with Gasteiger partial charge in [-0.2, -0.15) is 0 Å². The molecule has 0 fully saturated rings. The van der Waals surface area contributed by atoms with E-state index in [0.717, 1.165) is 0 Å². The first-order valence-electron chi connectivity index (χ1n) is 7.12. The van der Waals surface area contributed by atoms with E-state index in [4.69, 9.17) is 0 Å². The molecule has 0 unspecified atom stereocenters. The summed E-state index contributed by atoms with van der Waals surface area (Å²) < 4.78 is 0. The van der Waals surface area contributed by atoms with E-state index in [1.807, 2.05) is 0 Å². The summed E-state index contributed by atoms with van der Waals surface area (Å²) in [5, 5.41) is 4.04. The number of hydrogen-bond acceptors (Lipinski definition) is 0. The SMILES string of the molecule is CC(C)c1cc2ccc3cccc(C(C)C)c3c2[nH]1. The Morgan fingerprint density at radius 3 is 2.26 bits per heavy atom. The van der Waals surface area contributed by atoms with Crippen molar-refractivity contribution in [1.82, 2.24) is 4.98 Å². The van der Waals surface area contributed by atoms with E-state index in [0.29, 0.717) is 11.8 Å². The number of hydrogen-bond donors (Lipinski definition) is 1. The normalized spacial score (nSPS) is 12.1. The zero-order valence-corrected chi connectivity index (χ0v) is 12.1. The van der Waals surface area contributed by atoms with E-state index >= 15 is 0 Å². The van der Waals surface area contributed by atoms with Gasteiger partial charge >= 0.3 is 0 Å². The second kappa shape index (κ2) is 4.41. The van der Waals surface area contributed by atoms with Crippen molar-refractivity contribution in [3.8, 4) is 0 Å². The highest BCUT2D eigenvalue weighted by molar-refractivity contribution is 6.07. The average Bonchev–Trinajstić information content (AvgIpc) is 2.82. The third-order valence-electron chi connectivity index (χ3n) is 3.93. The van der Waals surface area contributed by atoms with Crippen molar-refractivity contribution < 1.29 is 0 Å². The second-order valence-corrected chi connectivity index (χ2v) is 6.01. The lowest BCUT2D eigenvalue weighted by molar-refractivity contribution is 0.836. The van der Waals surface area contributed by atoms with Crippen LogP contribution in [0.3, 0.4) is 0 Å². The number of benzene rings is 2. The van der Waals surface area contributed by atoms with Crippen LogP contribution in [-0.2, 0) is 0 Å². The van der Waals surface area contributed by atoms with Crippen LogP contribution in [0.1, 0.15) is 50.8 Å². The summed E-state index contributed by atoms with van der Waals surface area (Å²) in [5.74, 6) is 1.08. The molecule has 1 heterocycles. The fourth-order valence-corrected chi connectivity index (χ4v) is 2.82. The maximum atomic E-state index is 3.63. The van der Waals surface area contributed by atoms with Crippen molar-refractivity contribution in [3.63, 3.8) is 0 Å². The molecule has 3 aromatic rings. The fraction of sp³-hybridized carbons (Fsp3) is 0.333. The molecule has 0 radical (unpaired) electrons. The van der Waals surface area contributed by atoms with Gasteiger partial charge in [0.1, 0.15) is 0 Å². The van der Waals surface area contributed by atoms with Gasteiger partial charge in [-0.3, -0.25) is 0 Å². The highest BCUT2D eigenvalue weighted by Gasteiger charge is 2.11. The monoisotopic (exact) mass is 251 g/mol. The molecule has 19 heavy (non-hydrogen) atoms. The summed E-state index contributed by atoms with van der Waals surface area (Å²) in [6.07, 6.45) is 0. The van der Waals surface area contributed by atoms with Crippen LogP contribution in [0.5, 0.6) is 0 Å². The Labute approximate surface area is 114 Å². The van der Waals surface area contributed by atoms with Gasteiger partial charge in [-0.25, -0.2) is 0 Å². The molecule has 0 saturated heterocycles. The Bertz CT molecular complexity index is 732. The minimum absolute atomic E-state index is 0.536. The van der Waals surface area contributed by atoms with E-state index in [1.165, 1.54) is 32.9 Å². The van der Waals surface area contributed by atoms with Crippen LogP contribution in [0, 0.1) is 0 Å². The number of fused-ring (bicyclic) bond motifs is 3.